The Morgan fingerprint density at radius 2 is 2.30 bits per heavy atom. The van der Waals surface area contributed by atoms with Gasteiger partial charge in [-0.2, -0.15) is 0 Å². The van der Waals surface area contributed by atoms with E-state index in [-0.39, 0.29) is 0 Å². The minimum atomic E-state index is -3.07. The third-order valence-corrected chi connectivity index (χ3v) is 4.95. The average Bonchev–Trinajstić information content (AvgIpc) is 3.11. The monoisotopic (exact) mass is 344 g/mol. The van der Waals surface area contributed by atoms with Crippen molar-refractivity contribution in [2.45, 2.75) is 38.8 Å². The Morgan fingerprint density at radius 3 is 2.96 bits per heavy atom. The smallest absolute Gasteiger partial charge is 0.208 e. The number of rotatable bonds is 9. The molecule has 0 unspecified atom stereocenters. The third-order valence-electron chi connectivity index (χ3n) is 4.22. The molecule has 23 heavy (non-hydrogen) atoms. The molecular formula is C15H28N4O3S. The van der Waals surface area contributed by atoms with E-state index in [4.69, 9.17) is 4.42 Å². The standard InChI is InChI=1S/C15H28N4O3S/c1-4-14-10-16-15(22-14)12-18(2)13-6-9-19(11-13)8-5-7-17-23(3,20)21/h10,13,17H,4-9,11-12H2,1-3H3/t13-/m0/s1. The molecule has 1 atom stereocenters. The van der Waals surface area contributed by atoms with Crippen LogP contribution in [-0.2, 0) is 23.0 Å². The van der Waals surface area contributed by atoms with E-state index in [1.807, 2.05) is 0 Å². The van der Waals surface area contributed by atoms with Gasteiger partial charge in [-0.15, -0.1) is 0 Å². The molecular weight excluding hydrogens is 316 g/mol. The predicted octanol–water partition coefficient (Wildman–Crippen LogP) is 0.682. The van der Waals surface area contributed by atoms with Crippen molar-refractivity contribution in [1.29, 1.82) is 0 Å². The van der Waals surface area contributed by atoms with Crippen LogP contribution in [0.4, 0.5) is 0 Å². The van der Waals surface area contributed by atoms with Gasteiger partial charge in [-0.1, -0.05) is 6.92 Å². The van der Waals surface area contributed by atoms with Crippen molar-refractivity contribution in [1.82, 2.24) is 19.5 Å². The molecule has 1 N–H and O–H groups in total. The van der Waals surface area contributed by atoms with Crippen molar-refractivity contribution in [3.63, 3.8) is 0 Å². The number of hydrogen-bond acceptors (Lipinski definition) is 6. The quantitative estimate of drug-likeness (QED) is 0.664. The van der Waals surface area contributed by atoms with Crippen molar-refractivity contribution in [2.24, 2.45) is 0 Å². The van der Waals surface area contributed by atoms with Crippen molar-refractivity contribution in [2.75, 3.05) is 39.5 Å². The lowest BCUT2D eigenvalue weighted by atomic mass is 10.2. The molecule has 1 aromatic rings. The van der Waals surface area contributed by atoms with Gasteiger partial charge in [-0.05, 0) is 33.0 Å². The second-order valence-corrected chi connectivity index (χ2v) is 8.09. The van der Waals surface area contributed by atoms with Gasteiger partial charge in [-0.3, -0.25) is 4.90 Å². The first kappa shape index (κ1) is 18.4. The summed E-state index contributed by atoms with van der Waals surface area (Å²) in [7, 11) is -0.967. The van der Waals surface area contributed by atoms with Crippen LogP contribution in [-0.4, -0.2) is 68.7 Å². The number of nitrogens with one attached hydrogen (secondary N) is 1. The van der Waals surface area contributed by atoms with Crippen LogP contribution in [0.25, 0.3) is 0 Å². The molecule has 2 heterocycles. The number of nitrogens with zero attached hydrogens (tertiary/aromatic N) is 3. The highest BCUT2D eigenvalue weighted by atomic mass is 32.2. The molecule has 8 heteroatoms. The summed E-state index contributed by atoms with van der Waals surface area (Å²) in [6.45, 7) is 6.28. The first-order valence-electron chi connectivity index (χ1n) is 8.18. The number of likely N-dealkylation sites (tertiary alicyclic amines) is 1. The number of aryl methyl sites for hydroxylation is 1. The second-order valence-electron chi connectivity index (χ2n) is 6.25. The highest BCUT2D eigenvalue weighted by Gasteiger charge is 2.26. The van der Waals surface area contributed by atoms with Crippen LogP contribution in [0.1, 0.15) is 31.4 Å². The Kier molecular flexibility index (Phi) is 6.58. The Bertz CT molecular complexity index is 587. The van der Waals surface area contributed by atoms with Crippen molar-refractivity contribution in [3.8, 4) is 0 Å². The van der Waals surface area contributed by atoms with Gasteiger partial charge in [0.2, 0.25) is 15.9 Å². The van der Waals surface area contributed by atoms with Gasteiger partial charge in [0, 0.05) is 25.6 Å². The van der Waals surface area contributed by atoms with E-state index >= 15 is 0 Å². The maximum Gasteiger partial charge on any atom is 0.208 e. The molecule has 1 aliphatic rings. The average molecular weight is 344 g/mol. The van der Waals surface area contributed by atoms with Gasteiger partial charge >= 0.3 is 0 Å². The molecule has 1 saturated heterocycles. The van der Waals surface area contributed by atoms with E-state index in [1.54, 1.807) is 6.20 Å². The first-order valence-corrected chi connectivity index (χ1v) is 10.1. The van der Waals surface area contributed by atoms with E-state index in [9.17, 15) is 8.42 Å². The van der Waals surface area contributed by atoms with E-state index in [2.05, 4.69) is 33.5 Å². The molecule has 1 aromatic heterocycles. The fourth-order valence-electron chi connectivity index (χ4n) is 2.86. The van der Waals surface area contributed by atoms with Crippen LogP contribution in [0.15, 0.2) is 10.6 Å². The summed E-state index contributed by atoms with van der Waals surface area (Å²) < 4.78 is 30.2. The molecule has 2 rings (SSSR count). The van der Waals surface area contributed by atoms with Crippen LogP contribution in [0.2, 0.25) is 0 Å². The number of likely N-dealkylation sites (N-methyl/N-ethyl adjacent to an activating group) is 1. The number of aromatic nitrogens is 1. The lowest BCUT2D eigenvalue weighted by molar-refractivity contribution is 0.205. The van der Waals surface area contributed by atoms with E-state index in [0.29, 0.717) is 12.6 Å². The Hall–Kier alpha value is -0.960. The van der Waals surface area contributed by atoms with Gasteiger partial charge in [0.05, 0.1) is 19.0 Å². The van der Waals surface area contributed by atoms with E-state index in [1.165, 1.54) is 6.26 Å². The largest absolute Gasteiger partial charge is 0.444 e. The molecule has 1 fully saturated rings. The summed E-state index contributed by atoms with van der Waals surface area (Å²) in [5.41, 5.74) is 0. The maximum absolute atomic E-state index is 11.0. The summed E-state index contributed by atoms with van der Waals surface area (Å²) in [6, 6.07) is 0.495. The molecule has 132 valence electrons. The van der Waals surface area contributed by atoms with Crippen LogP contribution in [0, 0.1) is 0 Å². The molecule has 0 spiro atoms. The highest BCUT2D eigenvalue weighted by Crippen LogP contribution is 2.17. The predicted molar refractivity (Wildman–Crippen MR) is 89.7 cm³/mol. The number of sulfonamides is 1. The molecule has 0 bridgehead atoms. The van der Waals surface area contributed by atoms with Crippen molar-refractivity contribution >= 4 is 10.0 Å². The lowest BCUT2D eigenvalue weighted by Crippen LogP contribution is -2.35. The minimum absolute atomic E-state index is 0.495. The molecule has 1 aliphatic heterocycles. The van der Waals surface area contributed by atoms with Crippen molar-refractivity contribution < 1.29 is 12.8 Å². The topological polar surface area (TPSA) is 78.7 Å². The Morgan fingerprint density at radius 1 is 1.52 bits per heavy atom. The zero-order valence-corrected chi connectivity index (χ0v) is 15.1. The van der Waals surface area contributed by atoms with Gasteiger partial charge in [-0.25, -0.2) is 18.1 Å². The van der Waals surface area contributed by atoms with Crippen LogP contribution >= 0.6 is 0 Å². The number of oxazole rings is 1. The summed E-state index contributed by atoms with van der Waals surface area (Å²) >= 11 is 0. The summed E-state index contributed by atoms with van der Waals surface area (Å²) in [6.07, 6.45) is 5.83. The molecule has 0 amide bonds. The fraction of sp³-hybridized carbons (Fsp3) is 0.800. The van der Waals surface area contributed by atoms with Crippen molar-refractivity contribution in [3.05, 3.63) is 17.8 Å². The normalized spacial score (nSPS) is 19.7. The summed E-state index contributed by atoms with van der Waals surface area (Å²) in [4.78, 5) is 8.99. The molecule has 0 aliphatic carbocycles. The second kappa shape index (κ2) is 8.23. The summed E-state index contributed by atoms with van der Waals surface area (Å²) in [5.74, 6) is 1.71. The van der Waals surface area contributed by atoms with Crippen LogP contribution in [0.5, 0.6) is 0 Å². The van der Waals surface area contributed by atoms with Gasteiger partial charge in [0.1, 0.15) is 5.76 Å². The first-order chi connectivity index (χ1) is 10.9. The SMILES string of the molecule is CCc1cnc(CN(C)[C@H]2CCN(CCCNS(C)(=O)=O)C2)o1. The zero-order valence-electron chi connectivity index (χ0n) is 14.3. The fourth-order valence-corrected chi connectivity index (χ4v) is 3.38. The third kappa shape index (κ3) is 6.21. The van der Waals surface area contributed by atoms with Crippen LogP contribution < -0.4 is 4.72 Å². The van der Waals surface area contributed by atoms with E-state index < -0.39 is 10.0 Å². The molecule has 0 radical (unpaired) electrons. The minimum Gasteiger partial charge on any atom is -0.444 e. The van der Waals surface area contributed by atoms with Crippen LogP contribution in [0.3, 0.4) is 0 Å². The van der Waals surface area contributed by atoms with Gasteiger partial charge < -0.3 is 9.32 Å². The van der Waals surface area contributed by atoms with Gasteiger partial charge in [0.25, 0.3) is 0 Å². The Balaban J connectivity index is 1.69. The van der Waals surface area contributed by atoms with E-state index in [0.717, 1.165) is 57.1 Å². The maximum atomic E-state index is 11.0. The summed E-state index contributed by atoms with van der Waals surface area (Å²) in [5, 5.41) is 0. The molecule has 7 nitrogen and oxygen atoms in total. The zero-order chi connectivity index (χ0) is 16.9. The Labute approximate surface area is 139 Å². The van der Waals surface area contributed by atoms with Gasteiger partial charge in [0.15, 0.2) is 0 Å². The number of hydrogen-bond donors (Lipinski definition) is 1. The molecule has 0 aromatic carbocycles. The molecule has 0 saturated carbocycles. The highest BCUT2D eigenvalue weighted by molar-refractivity contribution is 7.88. The lowest BCUT2D eigenvalue weighted by Gasteiger charge is -2.23.